The van der Waals surface area contributed by atoms with Crippen LogP contribution in [0.4, 0.5) is 0 Å². The fourth-order valence-corrected chi connectivity index (χ4v) is 2.22. The second-order valence-electron chi connectivity index (χ2n) is 5.38. The van der Waals surface area contributed by atoms with E-state index in [9.17, 15) is 9.59 Å². The first-order valence-electron chi connectivity index (χ1n) is 7.79. The maximum Gasteiger partial charge on any atom is 0.263 e. The molecule has 0 aliphatic heterocycles. The number of aromatic amines is 1. The lowest BCUT2D eigenvalue weighted by atomic mass is 10.2. The van der Waals surface area contributed by atoms with Crippen LogP contribution in [0, 0.1) is 0 Å². The van der Waals surface area contributed by atoms with Crippen molar-refractivity contribution in [3.05, 3.63) is 58.1 Å². The summed E-state index contributed by atoms with van der Waals surface area (Å²) < 4.78 is 6.64. The normalized spacial score (nSPS) is 10.8. The Balaban J connectivity index is 1.62. The van der Waals surface area contributed by atoms with Gasteiger partial charge >= 0.3 is 0 Å². The smallest absolute Gasteiger partial charge is 0.263 e. The van der Waals surface area contributed by atoms with Crippen molar-refractivity contribution in [2.75, 3.05) is 0 Å². The molecule has 0 unspecified atom stereocenters. The molecule has 0 saturated carbocycles. The van der Waals surface area contributed by atoms with Gasteiger partial charge in [-0.2, -0.15) is 5.10 Å². The first kappa shape index (κ1) is 16.6. The molecule has 0 fully saturated rings. The number of nitrogens with one attached hydrogen (secondary N) is 2. The van der Waals surface area contributed by atoms with Crippen molar-refractivity contribution in [2.45, 2.75) is 32.9 Å². The van der Waals surface area contributed by atoms with Crippen molar-refractivity contribution < 1.29 is 9.32 Å². The molecular formula is C15H17N7O3. The molecule has 3 rings (SSSR count). The number of carbonyl (C=O) groups excluding carboxylic acids is 1. The van der Waals surface area contributed by atoms with Crippen LogP contribution >= 0.6 is 0 Å². The molecule has 0 bridgehead atoms. The summed E-state index contributed by atoms with van der Waals surface area (Å²) in [5, 5.41) is 10.4. The molecule has 0 aliphatic carbocycles. The Kier molecular flexibility index (Phi) is 4.97. The summed E-state index contributed by atoms with van der Waals surface area (Å²) in [6.45, 7) is 2.45. The number of aromatic nitrogens is 6. The number of aryl methyl sites for hydroxylation is 1. The predicted octanol–water partition coefficient (Wildman–Crippen LogP) is 0.280. The zero-order valence-corrected chi connectivity index (χ0v) is 13.6. The molecule has 3 aromatic rings. The topological polar surface area (TPSA) is 132 Å². The maximum absolute atomic E-state index is 12.1. The standard InChI is InChI=1S/C15H17N7O3/c1-2-3-10-4-11(25-21-10)5-18-14(23)12-6-17-13(20-15(12)24)7-22-9-16-8-19-22/h4,6,8-9H,2-3,5,7H2,1H3,(H,18,23)(H,17,20,24). The molecule has 0 atom stereocenters. The Morgan fingerprint density at radius 2 is 2.32 bits per heavy atom. The Morgan fingerprint density at radius 1 is 1.44 bits per heavy atom. The van der Waals surface area contributed by atoms with Gasteiger partial charge in [-0.15, -0.1) is 0 Å². The van der Waals surface area contributed by atoms with E-state index in [4.69, 9.17) is 4.52 Å². The fourth-order valence-electron chi connectivity index (χ4n) is 2.22. The fraction of sp³-hybridized carbons (Fsp3) is 0.333. The number of amides is 1. The second-order valence-corrected chi connectivity index (χ2v) is 5.38. The number of H-pyrrole nitrogens is 1. The SMILES string of the molecule is CCCc1cc(CNC(=O)c2cnc(Cn3cncn3)[nH]c2=O)on1. The third kappa shape index (κ3) is 4.16. The van der Waals surface area contributed by atoms with Gasteiger partial charge in [0, 0.05) is 12.3 Å². The maximum atomic E-state index is 12.1. The molecule has 0 saturated heterocycles. The van der Waals surface area contributed by atoms with Crippen molar-refractivity contribution in [3.8, 4) is 0 Å². The van der Waals surface area contributed by atoms with E-state index in [2.05, 4.69) is 30.5 Å². The van der Waals surface area contributed by atoms with E-state index in [-0.39, 0.29) is 18.7 Å². The van der Waals surface area contributed by atoms with Crippen molar-refractivity contribution >= 4 is 5.91 Å². The summed E-state index contributed by atoms with van der Waals surface area (Å²) in [5.41, 5.74) is 0.242. The number of rotatable bonds is 7. The van der Waals surface area contributed by atoms with E-state index in [0.29, 0.717) is 11.6 Å². The van der Waals surface area contributed by atoms with E-state index in [1.807, 2.05) is 6.92 Å². The van der Waals surface area contributed by atoms with Gasteiger partial charge in [0.2, 0.25) is 0 Å². The quantitative estimate of drug-likeness (QED) is 0.630. The Morgan fingerprint density at radius 3 is 3.04 bits per heavy atom. The van der Waals surface area contributed by atoms with Crippen LogP contribution in [-0.2, 0) is 19.5 Å². The summed E-state index contributed by atoms with van der Waals surface area (Å²) in [6, 6.07) is 1.79. The Hall–Kier alpha value is -3.30. The minimum atomic E-state index is -0.533. The van der Waals surface area contributed by atoms with E-state index in [0.717, 1.165) is 18.5 Å². The molecule has 10 nitrogen and oxygen atoms in total. The van der Waals surface area contributed by atoms with Gasteiger partial charge in [0.05, 0.1) is 12.2 Å². The molecule has 0 radical (unpaired) electrons. The van der Waals surface area contributed by atoms with Gasteiger partial charge < -0.3 is 14.8 Å². The van der Waals surface area contributed by atoms with Crippen LogP contribution in [0.1, 0.15) is 41.0 Å². The first-order chi connectivity index (χ1) is 12.2. The lowest BCUT2D eigenvalue weighted by molar-refractivity contribution is 0.0945. The summed E-state index contributed by atoms with van der Waals surface area (Å²) in [6.07, 6.45) is 5.90. The van der Waals surface area contributed by atoms with Crippen LogP contribution in [0.2, 0.25) is 0 Å². The van der Waals surface area contributed by atoms with Crippen molar-refractivity contribution in [1.82, 2.24) is 35.2 Å². The predicted molar refractivity (Wildman–Crippen MR) is 85.6 cm³/mol. The molecule has 25 heavy (non-hydrogen) atoms. The third-order valence-electron chi connectivity index (χ3n) is 3.41. The molecule has 2 N–H and O–H groups in total. The molecule has 3 aromatic heterocycles. The highest BCUT2D eigenvalue weighted by molar-refractivity contribution is 5.93. The number of carbonyl (C=O) groups is 1. The van der Waals surface area contributed by atoms with E-state index in [1.165, 1.54) is 23.5 Å². The highest BCUT2D eigenvalue weighted by atomic mass is 16.5. The van der Waals surface area contributed by atoms with Crippen LogP contribution < -0.4 is 10.9 Å². The summed E-state index contributed by atoms with van der Waals surface area (Å²) in [4.78, 5) is 34.7. The van der Waals surface area contributed by atoms with Gasteiger partial charge in [-0.05, 0) is 6.42 Å². The lowest BCUT2D eigenvalue weighted by Gasteiger charge is -2.04. The summed E-state index contributed by atoms with van der Waals surface area (Å²) >= 11 is 0. The van der Waals surface area contributed by atoms with Gasteiger partial charge in [-0.25, -0.2) is 14.6 Å². The van der Waals surface area contributed by atoms with Crippen LogP contribution in [0.25, 0.3) is 0 Å². The number of nitrogens with zero attached hydrogens (tertiary/aromatic N) is 5. The van der Waals surface area contributed by atoms with Crippen LogP contribution in [0.5, 0.6) is 0 Å². The van der Waals surface area contributed by atoms with Crippen molar-refractivity contribution in [3.63, 3.8) is 0 Å². The minimum absolute atomic E-state index is 0.0735. The van der Waals surface area contributed by atoms with E-state index < -0.39 is 11.5 Å². The zero-order chi connectivity index (χ0) is 17.6. The summed E-state index contributed by atoms with van der Waals surface area (Å²) in [5.74, 6) is 0.380. The molecule has 0 aromatic carbocycles. The zero-order valence-electron chi connectivity index (χ0n) is 13.6. The van der Waals surface area contributed by atoms with Crippen LogP contribution in [-0.4, -0.2) is 35.8 Å². The van der Waals surface area contributed by atoms with Crippen LogP contribution in [0.3, 0.4) is 0 Å². The van der Waals surface area contributed by atoms with Crippen molar-refractivity contribution in [1.29, 1.82) is 0 Å². The van der Waals surface area contributed by atoms with Gasteiger partial charge in [0.1, 0.15) is 30.6 Å². The van der Waals surface area contributed by atoms with E-state index in [1.54, 1.807) is 6.07 Å². The monoisotopic (exact) mass is 343 g/mol. The second kappa shape index (κ2) is 7.51. The van der Waals surface area contributed by atoms with Crippen molar-refractivity contribution in [2.24, 2.45) is 0 Å². The Bertz CT molecular complexity index is 898. The average Bonchev–Trinajstić information content (AvgIpc) is 3.25. The molecule has 0 aliphatic rings. The van der Waals surface area contributed by atoms with Gasteiger partial charge in [0.15, 0.2) is 5.76 Å². The number of hydrogen-bond acceptors (Lipinski definition) is 7. The van der Waals surface area contributed by atoms with E-state index >= 15 is 0 Å². The minimum Gasteiger partial charge on any atom is -0.359 e. The molecule has 1 amide bonds. The largest absolute Gasteiger partial charge is 0.359 e. The Labute approximate surface area is 142 Å². The highest BCUT2D eigenvalue weighted by Crippen LogP contribution is 2.05. The molecular weight excluding hydrogens is 326 g/mol. The van der Waals surface area contributed by atoms with Gasteiger partial charge in [-0.1, -0.05) is 18.5 Å². The number of hydrogen-bond donors (Lipinski definition) is 2. The highest BCUT2D eigenvalue weighted by Gasteiger charge is 2.13. The molecule has 130 valence electrons. The molecule has 10 heteroatoms. The average molecular weight is 343 g/mol. The third-order valence-corrected chi connectivity index (χ3v) is 3.41. The van der Waals surface area contributed by atoms with Gasteiger partial charge in [-0.3, -0.25) is 9.59 Å². The molecule has 3 heterocycles. The van der Waals surface area contributed by atoms with Gasteiger partial charge in [0.25, 0.3) is 11.5 Å². The molecule has 0 spiro atoms. The first-order valence-corrected chi connectivity index (χ1v) is 7.79. The summed E-state index contributed by atoms with van der Waals surface area (Å²) in [7, 11) is 0. The van der Waals surface area contributed by atoms with Crippen LogP contribution in [0.15, 0.2) is 34.2 Å². The lowest BCUT2D eigenvalue weighted by Crippen LogP contribution is -2.30.